The average Bonchev–Trinajstić information content (AvgIpc) is 3.10. The highest BCUT2D eigenvalue weighted by Gasteiger charge is 2.39. The molecule has 3 aliphatic rings. The second kappa shape index (κ2) is 6.05. The van der Waals surface area contributed by atoms with Gasteiger partial charge in [0.2, 0.25) is 5.91 Å². The van der Waals surface area contributed by atoms with Gasteiger partial charge in [-0.3, -0.25) is 4.79 Å². The summed E-state index contributed by atoms with van der Waals surface area (Å²) in [5.41, 5.74) is -0.696. The minimum Gasteiger partial charge on any atom is -0.389 e. The van der Waals surface area contributed by atoms with Crippen molar-refractivity contribution in [2.75, 3.05) is 6.54 Å². The zero-order chi connectivity index (χ0) is 14.0. The van der Waals surface area contributed by atoms with E-state index >= 15 is 0 Å². The van der Waals surface area contributed by atoms with Gasteiger partial charge < -0.3 is 10.0 Å². The standard InChI is InChI=1S/C17H29NO2/c19-16(13-17(20)10-4-1-5-11-17)18-12-6-9-15(18)14-7-2-3-8-14/h14-15,20H,1-13H2. The van der Waals surface area contributed by atoms with Crippen LogP contribution in [-0.2, 0) is 4.79 Å². The van der Waals surface area contributed by atoms with Crippen LogP contribution in [0.2, 0.25) is 0 Å². The fraction of sp³-hybridized carbons (Fsp3) is 0.941. The zero-order valence-corrected chi connectivity index (χ0v) is 12.6. The SMILES string of the molecule is O=C(CC1(O)CCCCC1)N1CCCC1C1CCCC1. The minimum absolute atomic E-state index is 0.226. The Labute approximate surface area is 122 Å². The molecule has 0 aromatic heterocycles. The van der Waals surface area contributed by atoms with Crippen LogP contribution < -0.4 is 0 Å². The molecule has 1 amide bonds. The summed E-state index contributed by atoms with van der Waals surface area (Å²) in [5, 5.41) is 10.6. The number of hydrogen-bond acceptors (Lipinski definition) is 2. The van der Waals surface area contributed by atoms with Gasteiger partial charge in [-0.1, -0.05) is 32.1 Å². The minimum atomic E-state index is -0.696. The molecular weight excluding hydrogens is 250 g/mol. The summed E-state index contributed by atoms with van der Waals surface area (Å²) in [6, 6.07) is 0.484. The van der Waals surface area contributed by atoms with E-state index in [0.717, 1.165) is 44.6 Å². The Bertz CT molecular complexity index is 343. The lowest BCUT2D eigenvalue weighted by atomic mass is 9.82. The molecule has 0 bridgehead atoms. The highest BCUT2D eigenvalue weighted by atomic mass is 16.3. The summed E-state index contributed by atoms with van der Waals surface area (Å²) in [7, 11) is 0. The van der Waals surface area contributed by atoms with Crippen LogP contribution in [0, 0.1) is 5.92 Å². The lowest BCUT2D eigenvalue weighted by molar-refractivity contribution is -0.139. The summed E-state index contributed by atoms with van der Waals surface area (Å²) < 4.78 is 0. The van der Waals surface area contributed by atoms with Crippen LogP contribution in [0.5, 0.6) is 0 Å². The molecule has 1 aliphatic heterocycles. The Kier molecular flexibility index (Phi) is 4.34. The molecule has 1 N–H and O–H groups in total. The second-order valence-electron chi connectivity index (χ2n) is 7.30. The number of hydrogen-bond donors (Lipinski definition) is 1. The Morgan fingerprint density at radius 3 is 2.40 bits per heavy atom. The summed E-state index contributed by atoms with van der Waals surface area (Å²) in [4.78, 5) is 14.8. The van der Waals surface area contributed by atoms with Gasteiger partial charge in [0, 0.05) is 12.6 Å². The zero-order valence-electron chi connectivity index (χ0n) is 12.6. The van der Waals surface area contributed by atoms with Crippen molar-refractivity contribution in [3.05, 3.63) is 0 Å². The summed E-state index contributed by atoms with van der Waals surface area (Å²) in [6.07, 6.45) is 13.0. The van der Waals surface area contributed by atoms with Crippen molar-refractivity contribution < 1.29 is 9.90 Å². The molecule has 0 radical (unpaired) electrons. The van der Waals surface area contributed by atoms with Crippen molar-refractivity contribution in [3.8, 4) is 0 Å². The molecule has 2 aliphatic carbocycles. The van der Waals surface area contributed by atoms with E-state index in [1.165, 1.54) is 38.5 Å². The quantitative estimate of drug-likeness (QED) is 0.861. The van der Waals surface area contributed by atoms with Crippen molar-refractivity contribution in [2.45, 2.75) is 88.7 Å². The molecule has 3 rings (SSSR count). The number of likely N-dealkylation sites (tertiary alicyclic amines) is 1. The molecule has 3 heteroatoms. The molecule has 1 saturated heterocycles. The largest absolute Gasteiger partial charge is 0.389 e. The third-order valence-corrected chi connectivity index (χ3v) is 5.83. The third-order valence-electron chi connectivity index (χ3n) is 5.83. The monoisotopic (exact) mass is 279 g/mol. The topological polar surface area (TPSA) is 40.5 Å². The van der Waals surface area contributed by atoms with Crippen LogP contribution in [-0.4, -0.2) is 34.1 Å². The van der Waals surface area contributed by atoms with Gasteiger partial charge in [-0.2, -0.15) is 0 Å². The maximum atomic E-state index is 12.7. The first kappa shape index (κ1) is 14.4. The fourth-order valence-corrected chi connectivity index (χ4v) is 4.70. The van der Waals surface area contributed by atoms with Crippen LogP contribution in [0.25, 0.3) is 0 Å². The van der Waals surface area contributed by atoms with Gasteiger partial charge in [0.05, 0.1) is 12.0 Å². The van der Waals surface area contributed by atoms with E-state index in [2.05, 4.69) is 4.90 Å². The Morgan fingerprint density at radius 1 is 1.00 bits per heavy atom. The van der Waals surface area contributed by atoms with Crippen LogP contribution >= 0.6 is 0 Å². The number of carbonyl (C=O) groups is 1. The third kappa shape index (κ3) is 3.03. The molecule has 2 saturated carbocycles. The molecular formula is C17H29NO2. The van der Waals surface area contributed by atoms with Crippen molar-refractivity contribution in [3.63, 3.8) is 0 Å². The summed E-state index contributed by atoms with van der Waals surface area (Å²) in [6.45, 7) is 0.927. The lowest BCUT2D eigenvalue weighted by Gasteiger charge is -2.35. The average molecular weight is 279 g/mol. The van der Waals surface area contributed by atoms with Crippen molar-refractivity contribution in [1.29, 1.82) is 0 Å². The Balaban J connectivity index is 1.60. The predicted octanol–water partition coefficient (Wildman–Crippen LogP) is 3.25. The van der Waals surface area contributed by atoms with Gasteiger partial charge >= 0.3 is 0 Å². The molecule has 0 aromatic carbocycles. The van der Waals surface area contributed by atoms with E-state index in [4.69, 9.17) is 0 Å². The first-order valence-electron chi connectivity index (χ1n) is 8.70. The molecule has 3 nitrogen and oxygen atoms in total. The maximum absolute atomic E-state index is 12.7. The van der Waals surface area contributed by atoms with Gasteiger partial charge in [-0.25, -0.2) is 0 Å². The van der Waals surface area contributed by atoms with Crippen molar-refractivity contribution in [2.24, 2.45) is 5.92 Å². The second-order valence-corrected chi connectivity index (χ2v) is 7.30. The molecule has 20 heavy (non-hydrogen) atoms. The van der Waals surface area contributed by atoms with Gasteiger partial charge in [-0.05, 0) is 44.4 Å². The number of nitrogens with zero attached hydrogens (tertiary/aromatic N) is 1. The number of aliphatic hydroxyl groups is 1. The van der Waals surface area contributed by atoms with Gasteiger partial charge in [0.1, 0.15) is 0 Å². The van der Waals surface area contributed by atoms with Crippen molar-refractivity contribution >= 4 is 5.91 Å². The van der Waals surface area contributed by atoms with Crippen molar-refractivity contribution in [1.82, 2.24) is 4.90 Å². The summed E-state index contributed by atoms with van der Waals surface area (Å²) >= 11 is 0. The smallest absolute Gasteiger partial charge is 0.225 e. The molecule has 0 aromatic rings. The van der Waals surface area contributed by atoms with Gasteiger partial charge in [0.15, 0.2) is 0 Å². The van der Waals surface area contributed by atoms with E-state index in [1.807, 2.05) is 0 Å². The first-order valence-corrected chi connectivity index (χ1v) is 8.70. The van der Waals surface area contributed by atoms with E-state index in [9.17, 15) is 9.90 Å². The molecule has 114 valence electrons. The Hall–Kier alpha value is -0.570. The fourth-order valence-electron chi connectivity index (χ4n) is 4.70. The molecule has 1 atom stereocenters. The van der Waals surface area contributed by atoms with Gasteiger partial charge in [-0.15, -0.1) is 0 Å². The highest BCUT2D eigenvalue weighted by molar-refractivity contribution is 5.78. The van der Waals surface area contributed by atoms with E-state index in [0.29, 0.717) is 12.5 Å². The Morgan fingerprint density at radius 2 is 1.70 bits per heavy atom. The number of rotatable bonds is 3. The normalized spacial score (nSPS) is 30.9. The van der Waals surface area contributed by atoms with E-state index in [-0.39, 0.29) is 5.91 Å². The molecule has 1 unspecified atom stereocenters. The molecule has 1 heterocycles. The highest BCUT2D eigenvalue weighted by Crippen LogP contribution is 2.37. The predicted molar refractivity (Wildman–Crippen MR) is 79.3 cm³/mol. The van der Waals surface area contributed by atoms with Crippen LogP contribution in [0.1, 0.15) is 77.0 Å². The van der Waals surface area contributed by atoms with E-state index < -0.39 is 5.60 Å². The number of amides is 1. The molecule has 3 fully saturated rings. The van der Waals surface area contributed by atoms with Crippen LogP contribution in [0.3, 0.4) is 0 Å². The lowest BCUT2D eigenvalue weighted by Crippen LogP contribution is -2.44. The molecule has 0 spiro atoms. The summed E-state index contributed by atoms with van der Waals surface area (Å²) in [5.74, 6) is 0.964. The van der Waals surface area contributed by atoms with Crippen LogP contribution in [0.15, 0.2) is 0 Å². The number of carbonyl (C=O) groups excluding carboxylic acids is 1. The van der Waals surface area contributed by atoms with Gasteiger partial charge in [0.25, 0.3) is 0 Å². The van der Waals surface area contributed by atoms with E-state index in [1.54, 1.807) is 0 Å². The first-order chi connectivity index (χ1) is 9.68. The van der Waals surface area contributed by atoms with Crippen LogP contribution in [0.4, 0.5) is 0 Å². The maximum Gasteiger partial charge on any atom is 0.225 e.